The topological polar surface area (TPSA) is 58.6 Å². The number of carbonyl (C=O) groups excluding carboxylic acids is 2. The van der Waals surface area contributed by atoms with E-state index < -0.39 is 0 Å². The third-order valence-corrected chi connectivity index (χ3v) is 2.80. The smallest absolute Gasteiger partial charge is 0.320 e. The van der Waals surface area contributed by atoms with E-state index in [0.29, 0.717) is 19.7 Å². The molecule has 0 aliphatic rings. The Balaban J connectivity index is 4.19. The van der Waals surface area contributed by atoms with Gasteiger partial charge in [-0.05, 0) is 26.8 Å². The number of hydrogen-bond acceptors (Lipinski definition) is 4. The number of carbonyl (C=O) groups is 2. The van der Waals surface area contributed by atoms with Gasteiger partial charge in [0.05, 0.1) is 19.2 Å². The van der Waals surface area contributed by atoms with Crippen LogP contribution in [-0.4, -0.2) is 49.1 Å². The highest BCUT2D eigenvalue weighted by molar-refractivity contribution is 5.82. The van der Waals surface area contributed by atoms with E-state index in [1.807, 2.05) is 13.8 Å². The highest BCUT2D eigenvalue weighted by Crippen LogP contribution is 2.00. The second-order valence-electron chi connectivity index (χ2n) is 4.19. The zero-order valence-electron chi connectivity index (χ0n) is 12.0. The second kappa shape index (κ2) is 9.88. The van der Waals surface area contributed by atoms with Crippen molar-refractivity contribution in [3.8, 4) is 0 Å². The fourth-order valence-corrected chi connectivity index (χ4v) is 1.60. The van der Waals surface area contributed by atoms with Gasteiger partial charge in [0, 0.05) is 6.54 Å². The van der Waals surface area contributed by atoms with Gasteiger partial charge in [0.25, 0.3) is 0 Å². The van der Waals surface area contributed by atoms with Crippen molar-refractivity contribution in [2.45, 2.75) is 46.6 Å². The van der Waals surface area contributed by atoms with Crippen LogP contribution in [0.1, 0.15) is 40.5 Å². The van der Waals surface area contributed by atoms with Crippen LogP contribution in [0.25, 0.3) is 0 Å². The third kappa shape index (κ3) is 6.59. The average molecular weight is 258 g/mol. The lowest BCUT2D eigenvalue weighted by molar-refractivity contribution is -0.145. The molecule has 106 valence electrons. The number of hydrogen-bond donors (Lipinski definition) is 1. The van der Waals surface area contributed by atoms with Gasteiger partial charge in [0.2, 0.25) is 5.91 Å². The molecule has 1 unspecified atom stereocenters. The Bertz CT molecular complexity index is 257. The molecule has 0 heterocycles. The van der Waals surface area contributed by atoms with Crippen molar-refractivity contribution in [2.24, 2.45) is 0 Å². The number of rotatable bonds is 9. The summed E-state index contributed by atoms with van der Waals surface area (Å²) < 4.78 is 4.89. The lowest BCUT2D eigenvalue weighted by Gasteiger charge is -2.25. The summed E-state index contributed by atoms with van der Waals surface area (Å²) in [5, 5.41) is 2.87. The van der Waals surface area contributed by atoms with Crippen molar-refractivity contribution in [3.05, 3.63) is 0 Å². The Morgan fingerprint density at radius 1 is 1.28 bits per heavy atom. The minimum absolute atomic E-state index is 0.0328. The zero-order chi connectivity index (χ0) is 14.0. The number of nitrogens with one attached hydrogen (secondary N) is 1. The van der Waals surface area contributed by atoms with Crippen molar-refractivity contribution in [1.82, 2.24) is 10.2 Å². The van der Waals surface area contributed by atoms with E-state index in [4.69, 9.17) is 4.74 Å². The van der Waals surface area contributed by atoms with Crippen LogP contribution in [0.3, 0.4) is 0 Å². The van der Waals surface area contributed by atoms with Crippen LogP contribution < -0.4 is 5.32 Å². The van der Waals surface area contributed by atoms with Crippen molar-refractivity contribution in [3.63, 3.8) is 0 Å². The van der Waals surface area contributed by atoms with Gasteiger partial charge in [0.1, 0.15) is 0 Å². The normalized spacial score (nSPS) is 12.3. The minimum Gasteiger partial charge on any atom is -0.465 e. The predicted molar refractivity (Wildman–Crippen MR) is 71.3 cm³/mol. The molecule has 1 atom stereocenters. The van der Waals surface area contributed by atoms with Crippen molar-refractivity contribution in [2.75, 3.05) is 26.2 Å². The maximum Gasteiger partial charge on any atom is 0.320 e. The molecule has 0 fully saturated rings. The Kier molecular flexibility index (Phi) is 9.28. The minimum atomic E-state index is -0.309. The van der Waals surface area contributed by atoms with Gasteiger partial charge >= 0.3 is 5.97 Å². The molecule has 0 aromatic rings. The summed E-state index contributed by atoms with van der Waals surface area (Å²) in [7, 11) is 0. The molecule has 0 aliphatic heterocycles. The van der Waals surface area contributed by atoms with Crippen LogP contribution in [-0.2, 0) is 14.3 Å². The highest BCUT2D eigenvalue weighted by atomic mass is 16.5. The van der Waals surface area contributed by atoms with Crippen LogP contribution in [0.15, 0.2) is 0 Å². The number of esters is 1. The maximum absolute atomic E-state index is 11.9. The molecule has 1 N–H and O–H groups in total. The highest BCUT2D eigenvalue weighted by Gasteiger charge is 2.22. The first-order valence-electron chi connectivity index (χ1n) is 6.74. The zero-order valence-corrected chi connectivity index (χ0v) is 12.0. The van der Waals surface area contributed by atoms with Gasteiger partial charge in [-0.3, -0.25) is 14.5 Å². The Morgan fingerprint density at radius 2 is 1.94 bits per heavy atom. The van der Waals surface area contributed by atoms with Crippen LogP contribution in [0.4, 0.5) is 0 Å². The Hall–Kier alpha value is -1.10. The Morgan fingerprint density at radius 3 is 2.44 bits per heavy atom. The first-order valence-corrected chi connectivity index (χ1v) is 6.74. The van der Waals surface area contributed by atoms with Gasteiger partial charge in [0.15, 0.2) is 0 Å². The summed E-state index contributed by atoms with van der Waals surface area (Å²) in [5.74, 6) is -0.317. The third-order valence-electron chi connectivity index (χ3n) is 2.80. The number of amides is 1. The number of nitrogens with zero attached hydrogens (tertiary/aromatic N) is 1. The molecule has 0 spiro atoms. The molecule has 1 amide bonds. The number of ether oxygens (including phenoxy) is 1. The van der Waals surface area contributed by atoms with Crippen LogP contribution >= 0.6 is 0 Å². The molecule has 0 saturated heterocycles. The largest absolute Gasteiger partial charge is 0.465 e. The molecular weight excluding hydrogens is 232 g/mol. The monoisotopic (exact) mass is 258 g/mol. The molecule has 5 nitrogen and oxygen atoms in total. The molecule has 5 heteroatoms. The van der Waals surface area contributed by atoms with Gasteiger partial charge in [-0.1, -0.05) is 20.3 Å². The SMILES string of the molecule is CCCCNC(=O)C(C)N(CC)CC(=O)OCC. The van der Waals surface area contributed by atoms with E-state index in [2.05, 4.69) is 12.2 Å². The van der Waals surface area contributed by atoms with E-state index in [1.54, 1.807) is 11.8 Å². The van der Waals surface area contributed by atoms with Gasteiger partial charge in [-0.15, -0.1) is 0 Å². The number of unbranched alkanes of at least 4 members (excludes halogenated alkanes) is 1. The van der Waals surface area contributed by atoms with Crippen LogP contribution in [0.5, 0.6) is 0 Å². The first-order chi connectivity index (χ1) is 8.56. The molecule has 0 aromatic carbocycles. The van der Waals surface area contributed by atoms with E-state index in [1.165, 1.54) is 0 Å². The summed E-state index contributed by atoms with van der Waals surface area (Å²) in [6.45, 7) is 9.45. The molecule has 0 aromatic heterocycles. The Labute approximate surface area is 110 Å². The van der Waals surface area contributed by atoms with Crippen LogP contribution in [0, 0.1) is 0 Å². The van der Waals surface area contributed by atoms with Gasteiger partial charge in [-0.2, -0.15) is 0 Å². The van der Waals surface area contributed by atoms with E-state index in [-0.39, 0.29) is 24.5 Å². The van der Waals surface area contributed by atoms with Gasteiger partial charge < -0.3 is 10.1 Å². The summed E-state index contributed by atoms with van der Waals surface area (Å²) in [5.41, 5.74) is 0. The fourth-order valence-electron chi connectivity index (χ4n) is 1.60. The van der Waals surface area contributed by atoms with E-state index in [9.17, 15) is 9.59 Å². The standard InChI is InChI=1S/C13H26N2O3/c1-5-8-9-14-13(17)11(4)15(6-2)10-12(16)18-7-3/h11H,5-10H2,1-4H3,(H,14,17). The van der Waals surface area contributed by atoms with Crippen LogP contribution in [0.2, 0.25) is 0 Å². The van der Waals surface area contributed by atoms with E-state index in [0.717, 1.165) is 12.8 Å². The summed E-state index contributed by atoms with van der Waals surface area (Å²) in [6, 6.07) is -0.309. The molecular formula is C13H26N2O3. The summed E-state index contributed by atoms with van der Waals surface area (Å²) in [4.78, 5) is 25.1. The van der Waals surface area contributed by atoms with Crippen molar-refractivity contribution < 1.29 is 14.3 Å². The first kappa shape index (κ1) is 16.9. The molecule has 18 heavy (non-hydrogen) atoms. The molecule has 0 rings (SSSR count). The maximum atomic E-state index is 11.9. The van der Waals surface area contributed by atoms with Crippen molar-refractivity contribution in [1.29, 1.82) is 0 Å². The van der Waals surface area contributed by atoms with Gasteiger partial charge in [-0.25, -0.2) is 0 Å². The second-order valence-corrected chi connectivity index (χ2v) is 4.19. The summed E-state index contributed by atoms with van der Waals surface area (Å²) in [6.07, 6.45) is 2.03. The molecule has 0 bridgehead atoms. The lowest BCUT2D eigenvalue weighted by atomic mass is 10.2. The quantitative estimate of drug-likeness (QED) is 0.498. The van der Waals surface area contributed by atoms with E-state index >= 15 is 0 Å². The molecule has 0 aliphatic carbocycles. The molecule has 0 saturated carbocycles. The van der Waals surface area contributed by atoms with Crippen molar-refractivity contribution >= 4 is 11.9 Å². The fraction of sp³-hybridized carbons (Fsp3) is 0.846. The predicted octanol–water partition coefficient (Wildman–Crippen LogP) is 1.18. The lowest BCUT2D eigenvalue weighted by Crippen LogP contribution is -2.47. The molecule has 0 radical (unpaired) electrons. The average Bonchev–Trinajstić information content (AvgIpc) is 2.35. The number of likely N-dealkylation sites (N-methyl/N-ethyl adjacent to an activating group) is 1. The summed E-state index contributed by atoms with van der Waals surface area (Å²) >= 11 is 0.